The monoisotopic (exact) mass is 328 g/mol. The smallest absolute Gasteiger partial charge is 0.119 e. The minimum absolute atomic E-state index is 0.0861. The van der Waals surface area contributed by atoms with Crippen LogP contribution in [0.4, 0.5) is 0 Å². The zero-order valence-corrected chi connectivity index (χ0v) is 15.6. The SMILES string of the molecule is COc1ccc2c(c1)CC[C@@H]1[C@@H]2CC[C@@]2(C)[C@H]1CC[C@]2(C)C(C)O. The molecule has 3 aliphatic rings. The molecule has 0 saturated heterocycles. The van der Waals surface area contributed by atoms with Gasteiger partial charge in [-0.05, 0) is 97.3 Å². The zero-order valence-electron chi connectivity index (χ0n) is 15.6. The second kappa shape index (κ2) is 5.49. The average Bonchev–Trinajstić information content (AvgIpc) is 2.87. The molecule has 6 atom stereocenters. The van der Waals surface area contributed by atoms with Crippen LogP contribution in [0.15, 0.2) is 18.2 Å². The van der Waals surface area contributed by atoms with Crippen LogP contribution < -0.4 is 4.74 Å². The van der Waals surface area contributed by atoms with Gasteiger partial charge in [-0.25, -0.2) is 0 Å². The van der Waals surface area contributed by atoms with Crippen LogP contribution in [0.3, 0.4) is 0 Å². The molecule has 2 nitrogen and oxygen atoms in total. The van der Waals surface area contributed by atoms with Crippen LogP contribution in [0.25, 0.3) is 0 Å². The number of fused-ring (bicyclic) bond motifs is 5. The van der Waals surface area contributed by atoms with Gasteiger partial charge in [0.2, 0.25) is 0 Å². The molecule has 24 heavy (non-hydrogen) atoms. The number of methoxy groups -OCH3 is 1. The van der Waals surface area contributed by atoms with E-state index in [4.69, 9.17) is 4.74 Å². The molecular formula is C22H32O2. The highest BCUT2D eigenvalue weighted by atomic mass is 16.5. The summed E-state index contributed by atoms with van der Waals surface area (Å²) in [5.41, 5.74) is 3.48. The largest absolute Gasteiger partial charge is 0.497 e. The Kier molecular flexibility index (Phi) is 3.76. The van der Waals surface area contributed by atoms with Gasteiger partial charge in [-0.2, -0.15) is 0 Å². The summed E-state index contributed by atoms with van der Waals surface area (Å²) < 4.78 is 5.43. The Balaban J connectivity index is 1.68. The number of benzene rings is 1. The maximum atomic E-state index is 10.5. The quantitative estimate of drug-likeness (QED) is 0.833. The molecule has 0 heterocycles. The molecule has 132 valence electrons. The van der Waals surface area contributed by atoms with Crippen LogP contribution in [0.5, 0.6) is 5.75 Å². The van der Waals surface area contributed by atoms with Gasteiger partial charge < -0.3 is 9.84 Å². The Bertz CT molecular complexity index is 637. The molecule has 0 aliphatic heterocycles. The number of aryl methyl sites for hydroxylation is 1. The molecule has 0 spiro atoms. The van der Waals surface area contributed by atoms with Crippen LogP contribution >= 0.6 is 0 Å². The van der Waals surface area contributed by atoms with Crippen molar-refractivity contribution in [2.45, 2.75) is 71.3 Å². The van der Waals surface area contributed by atoms with Crippen molar-refractivity contribution >= 4 is 0 Å². The number of aliphatic hydroxyl groups excluding tert-OH is 1. The summed E-state index contributed by atoms with van der Waals surface area (Å²) in [5.74, 6) is 3.28. The summed E-state index contributed by atoms with van der Waals surface area (Å²) in [4.78, 5) is 0. The lowest BCUT2D eigenvalue weighted by Crippen LogP contribution is -2.49. The third-order valence-corrected chi connectivity index (χ3v) is 8.52. The highest BCUT2D eigenvalue weighted by Gasteiger charge is 2.61. The van der Waals surface area contributed by atoms with Gasteiger partial charge in [0, 0.05) is 0 Å². The van der Waals surface area contributed by atoms with E-state index in [0.29, 0.717) is 11.3 Å². The molecular weight excluding hydrogens is 296 g/mol. The van der Waals surface area contributed by atoms with E-state index in [2.05, 4.69) is 32.0 Å². The van der Waals surface area contributed by atoms with Crippen LogP contribution in [0.1, 0.15) is 69.9 Å². The highest BCUT2D eigenvalue weighted by Crippen LogP contribution is 2.68. The van der Waals surface area contributed by atoms with Gasteiger partial charge in [-0.15, -0.1) is 0 Å². The standard InChI is InChI=1S/C22H32O2/c1-14(23)21(2)12-10-20-19-7-5-15-13-16(24-4)6-8-17(15)18(19)9-11-22(20,21)3/h6,8,13-14,18-20,23H,5,7,9-12H2,1-4H3/t14?,18-,19-,20+,21-,22+/m1/s1. The van der Waals surface area contributed by atoms with Crippen molar-refractivity contribution < 1.29 is 9.84 Å². The summed E-state index contributed by atoms with van der Waals surface area (Å²) in [7, 11) is 1.76. The lowest BCUT2D eigenvalue weighted by molar-refractivity contribution is -0.0800. The van der Waals surface area contributed by atoms with Gasteiger partial charge in [-0.1, -0.05) is 19.9 Å². The summed E-state index contributed by atoms with van der Waals surface area (Å²) in [6, 6.07) is 6.73. The summed E-state index contributed by atoms with van der Waals surface area (Å²) in [6.07, 6.45) is 7.30. The van der Waals surface area contributed by atoms with E-state index in [1.54, 1.807) is 12.7 Å². The summed E-state index contributed by atoms with van der Waals surface area (Å²) >= 11 is 0. The first-order chi connectivity index (χ1) is 11.4. The first-order valence-corrected chi connectivity index (χ1v) is 9.75. The maximum Gasteiger partial charge on any atom is 0.119 e. The third kappa shape index (κ3) is 2.05. The van der Waals surface area contributed by atoms with E-state index < -0.39 is 0 Å². The first kappa shape index (κ1) is 16.4. The van der Waals surface area contributed by atoms with Crippen molar-refractivity contribution in [3.8, 4) is 5.75 Å². The minimum atomic E-state index is -0.204. The molecule has 0 amide bonds. The molecule has 0 bridgehead atoms. The van der Waals surface area contributed by atoms with E-state index in [0.717, 1.165) is 17.6 Å². The topological polar surface area (TPSA) is 29.5 Å². The Morgan fingerprint density at radius 2 is 1.96 bits per heavy atom. The zero-order chi connectivity index (χ0) is 17.1. The third-order valence-electron chi connectivity index (χ3n) is 8.52. The van der Waals surface area contributed by atoms with E-state index in [1.807, 2.05) is 6.92 Å². The fraction of sp³-hybridized carbons (Fsp3) is 0.727. The molecule has 0 radical (unpaired) electrons. The average molecular weight is 328 g/mol. The molecule has 0 aromatic heterocycles. The van der Waals surface area contributed by atoms with Gasteiger partial charge in [-0.3, -0.25) is 0 Å². The summed E-state index contributed by atoms with van der Waals surface area (Å²) in [5, 5.41) is 10.5. The van der Waals surface area contributed by atoms with E-state index in [9.17, 15) is 5.11 Å². The molecule has 4 rings (SSSR count). The normalized spacial score (nSPS) is 42.0. The molecule has 2 fully saturated rings. The highest BCUT2D eigenvalue weighted by molar-refractivity contribution is 5.40. The number of ether oxygens (including phenoxy) is 1. The number of aliphatic hydroxyl groups is 1. The van der Waals surface area contributed by atoms with E-state index in [1.165, 1.54) is 44.1 Å². The van der Waals surface area contributed by atoms with Crippen molar-refractivity contribution in [3.63, 3.8) is 0 Å². The van der Waals surface area contributed by atoms with Crippen molar-refractivity contribution in [3.05, 3.63) is 29.3 Å². The van der Waals surface area contributed by atoms with Crippen molar-refractivity contribution in [2.24, 2.45) is 22.7 Å². The van der Waals surface area contributed by atoms with Gasteiger partial charge >= 0.3 is 0 Å². The number of hydrogen-bond acceptors (Lipinski definition) is 2. The molecule has 3 aliphatic carbocycles. The van der Waals surface area contributed by atoms with Crippen LogP contribution in [-0.4, -0.2) is 18.3 Å². The maximum absolute atomic E-state index is 10.5. The van der Waals surface area contributed by atoms with Crippen LogP contribution in [-0.2, 0) is 6.42 Å². The van der Waals surface area contributed by atoms with E-state index in [-0.39, 0.29) is 11.5 Å². The van der Waals surface area contributed by atoms with E-state index >= 15 is 0 Å². The Hall–Kier alpha value is -1.02. The van der Waals surface area contributed by atoms with Gasteiger partial charge in [0.25, 0.3) is 0 Å². The predicted octanol–water partition coefficient (Wildman–Crippen LogP) is 4.94. The van der Waals surface area contributed by atoms with Crippen LogP contribution in [0, 0.1) is 22.7 Å². The fourth-order valence-electron chi connectivity index (χ4n) is 6.67. The number of hydrogen-bond donors (Lipinski definition) is 1. The second-order valence-electron chi connectivity index (χ2n) is 9.07. The van der Waals surface area contributed by atoms with Gasteiger partial charge in [0.15, 0.2) is 0 Å². The Morgan fingerprint density at radius 3 is 2.67 bits per heavy atom. The van der Waals surface area contributed by atoms with Gasteiger partial charge in [0.05, 0.1) is 13.2 Å². The second-order valence-corrected chi connectivity index (χ2v) is 9.07. The first-order valence-electron chi connectivity index (χ1n) is 9.75. The van der Waals surface area contributed by atoms with Crippen LogP contribution in [0.2, 0.25) is 0 Å². The van der Waals surface area contributed by atoms with Crippen molar-refractivity contribution in [2.75, 3.05) is 7.11 Å². The molecule has 1 N–H and O–H groups in total. The fourth-order valence-corrected chi connectivity index (χ4v) is 6.67. The summed E-state index contributed by atoms with van der Waals surface area (Å²) in [6.45, 7) is 6.85. The molecule has 1 unspecified atom stereocenters. The number of rotatable bonds is 2. The Labute approximate surface area is 146 Å². The lowest BCUT2D eigenvalue weighted by atomic mass is 9.50. The molecule has 1 aromatic rings. The molecule has 2 saturated carbocycles. The minimum Gasteiger partial charge on any atom is -0.497 e. The lowest BCUT2D eigenvalue weighted by Gasteiger charge is -2.55. The van der Waals surface area contributed by atoms with Crippen molar-refractivity contribution in [1.82, 2.24) is 0 Å². The van der Waals surface area contributed by atoms with Crippen molar-refractivity contribution in [1.29, 1.82) is 0 Å². The predicted molar refractivity (Wildman–Crippen MR) is 97.4 cm³/mol. The molecule has 1 aromatic carbocycles. The Morgan fingerprint density at radius 1 is 1.17 bits per heavy atom. The molecule has 2 heteroatoms. The van der Waals surface area contributed by atoms with Gasteiger partial charge in [0.1, 0.15) is 5.75 Å².